The summed E-state index contributed by atoms with van der Waals surface area (Å²) >= 11 is 0. The molecule has 0 aromatic rings. The molecule has 0 saturated carbocycles. The van der Waals surface area contributed by atoms with Gasteiger partial charge in [0.25, 0.3) is 0 Å². The van der Waals surface area contributed by atoms with Crippen molar-refractivity contribution in [3.63, 3.8) is 0 Å². The van der Waals surface area contributed by atoms with E-state index in [4.69, 9.17) is 0 Å². The van der Waals surface area contributed by atoms with Crippen LogP contribution in [0, 0.1) is 0 Å². The maximum atomic E-state index is 12.4. The third kappa shape index (κ3) is 46.2. The van der Waals surface area contributed by atoms with Crippen LogP contribution in [0.4, 0.5) is 0 Å². The van der Waals surface area contributed by atoms with Gasteiger partial charge in [0.05, 0.1) is 18.8 Å². The lowest BCUT2D eigenvalue weighted by atomic mass is 10.0. The Bertz CT molecular complexity index is 1110. The number of carbonyl (C=O) groups is 1. The Morgan fingerprint density at radius 2 is 0.763 bits per heavy atom. The largest absolute Gasteiger partial charge is 0.394 e. The van der Waals surface area contributed by atoms with Gasteiger partial charge in [-0.05, 0) is 83.5 Å². The summed E-state index contributed by atoms with van der Waals surface area (Å²) in [6.45, 7) is 4.12. The minimum atomic E-state index is -0.872. The monoisotopic (exact) mass is 818 g/mol. The molecule has 0 heterocycles. The Hall–Kier alpha value is -2.69. The molecule has 0 radical (unpaired) electrons. The molecule has 1 amide bonds. The molecule has 0 aromatic carbocycles. The molecule has 2 atom stereocenters. The van der Waals surface area contributed by atoms with E-state index in [0.717, 1.165) is 70.6 Å². The van der Waals surface area contributed by atoms with E-state index >= 15 is 0 Å². The normalized spacial score (nSPS) is 13.8. The Kier molecular flexibility index (Phi) is 47.4. The molecule has 3 N–H and O–H groups in total. The van der Waals surface area contributed by atoms with Crippen LogP contribution in [-0.4, -0.2) is 34.9 Å². The Balaban J connectivity index is 3.49. The molecule has 0 aliphatic heterocycles. The van der Waals surface area contributed by atoms with Crippen LogP contribution in [0.15, 0.2) is 97.2 Å². The molecule has 59 heavy (non-hydrogen) atoms. The van der Waals surface area contributed by atoms with E-state index in [2.05, 4.69) is 104 Å². The van der Waals surface area contributed by atoms with Crippen LogP contribution in [0.25, 0.3) is 0 Å². The molecule has 0 bridgehead atoms. The molecule has 0 aliphatic rings. The first-order valence-corrected chi connectivity index (χ1v) is 25.0. The number of amides is 1. The van der Waals surface area contributed by atoms with Crippen LogP contribution in [0.3, 0.4) is 0 Å². The average Bonchev–Trinajstić information content (AvgIpc) is 3.24. The van der Waals surface area contributed by atoms with Crippen LogP contribution >= 0.6 is 0 Å². The van der Waals surface area contributed by atoms with Crippen molar-refractivity contribution in [1.82, 2.24) is 5.32 Å². The second-order valence-electron chi connectivity index (χ2n) is 16.5. The Labute approximate surface area is 366 Å². The Morgan fingerprint density at radius 3 is 1.19 bits per heavy atom. The minimum Gasteiger partial charge on any atom is -0.394 e. The van der Waals surface area contributed by atoms with Gasteiger partial charge in [0.2, 0.25) is 5.91 Å². The summed E-state index contributed by atoms with van der Waals surface area (Å²) < 4.78 is 0. The van der Waals surface area contributed by atoms with Crippen LogP contribution in [0.2, 0.25) is 0 Å². The maximum Gasteiger partial charge on any atom is 0.220 e. The molecule has 0 aromatic heterocycles. The third-order valence-corrected chi connectivity index (χ3v) is 10.8. The smallest absolute Gasteiger partial charge is 0.220 e. The number of hydrogen-bond acceptors (Lipinski definition) is 3. The van der Waals surface area contributed by atoms with Gasteiger partial charge in [-0.25, -0.2) is 0 Å². The van der Waals surface area contributed by atoms with E-state index in [0.29, 0.717) is 6.42 Å². The number of aliphatic hydroxyl groups excluding tert-OH is 2. The van der Waals surface area contributed by atoms with Crippen molar-refractivity contribution in [2.45, 2.75) is 238 Å². The van der Waals surface area contributed by atoms with Crippen LogP contribution in [-0.2, 0) is 4.79 Å². The van der Waals surface area contributed by atoms with Crippen LogP contribution < -0.4 is 5.32 Å². The van der Waals surface area contributed by atoms with Gasteiger partial charge in [-0.1, -0.05) is 233 Å². The summed E-state index contributed by atoms with van der Waals surface area (Å²) in [6.07, 6.45) is 74.1. The number of allylic oxidation sites excluding steroid dienone is 15. The second kappa shape index (κ2) is 49.7. The number of unbranched alkanes of at least 4 members (excludes halogenated alkanes) is 23. The van der Waals surface area contributed by atoms with E-state index < -0.39 is 12.1 Å². The highest BCUT2D eigenvalue weighted by Crippen LogP contribution is 2.15. The highest BCUT2D eigenvalue weighted by atomic mass is 16.3. The van der Waals surface area contributed by atoms with Gasteiger partial charge < -0.3 is 15.5 Å². The van der Waals surface area contributed by atoms with Gasteiger partial charge in [-0.15, -0.1) is 0 Å². The van der Waals surface area contributed by atoms with Gasteiger partial charge in [-0.2, -0.15) is 0 Å². The molecule has 338 valence electrons. The topological polar surface area (TPSA) is 69.6 Å². The lowest BCUT2D eigenvalue weighted by molar-refractivity contribution is -0.123. The van der Waals surface area contributed by atoms with Gasteiger partial charge in [0.15, 0.2) is 0 Å². The summed E-state index contributed by atoms with van der Waals surface area (Å²) in [5.41, 5.74) is 0. The highest BCUT2D eigenvalue weighted by Gasteiger charge is 2.17. The molecule has 0 aliphatic carbocycles. The molecular weight excluding hydrogens is 723 g/mol. The van der Waals surface area contributed by atoms with Crippen molar-refractivity contribution in [3.8, 4) is 0 Å². The Morgan fingerprint density at radius 1 is 0.424 bits per heavy atom. The van der Waals surface area contributed by atoms with E-state index in [-0.39, 0.29) is 12.5 Å². The molecule has 4 nitrogen and oxygen atoms in total. The van der Waals surface area contributed by atoms with Crippen molar-refractivity contribution in [2.75, 3.05) is 6.61 Å². The van der Waals surface area contributed by atoms with Gasteiger partial charge in [-0.3, -0.25) is 4.79 Å². The standard InChI is InChI=1S/C55H95NO3/c1-3-5-7-9-11-13-15-17-18-19-20-21-22-23-24-25-26-27-28-29-30-31-32-33-34-35-36-37-38-39-41-43-45-47-49-51-55(59)56-53(52-57)54(58)50-48-46-44-42-40-16-14-12-10-8-6-4-2/h5,7,10-13,17-18,20-21,23-24,40,42,48,50,53-54,57-58H,3-4,6,8-9,14-16,19,22,25-39,41,43-47,49,51-52H2,1-2H3,(H,56,59)/b7-5-,12-10+,13-11-,18-17-,21-20-,24-23-,42-40+,50-48+. The van der Waals surface area contributed by atoms with E-state index in [1.807, 2.05) is 6.08 Å². The number of nitrogens with one attached hydrogen (secondary N) is 1. The summed E-state index contributed by atoms with van der Waals surface area (Å²) in [6, 6.07) is -0.647. The van der Waals surface area contributed by atoms with Crippen molar-refractivity contribution in [1.29, 1.82) is 0 Å². The maximum absolute atomic E-state index is 12.4. The van der Waals surface area contributed by atoms with Crippen LogP contribution in [0.1, 0.15) is 226 Å². The number of hydrogen-bond donors (Lipinski definition) is 3. The highest BCUT2D eigenvalue weighted by molar-refractivity contribution is 5.76. The van der Waals surface area contributed by atoms with Gasteiger partial charge in [0.1, 0.15) is 0 Å². The minimum absolute atomic E-state index is 0.0809. The van der Waals surface area contributed by atoms with E-state index in [9.17, 15) is 15.0 Å². The number of aliphatic hydroxyl groups is 2. The second-order valence-corrected chi connectivity index (χ2v) is 16.5. The van der Waals surface area contributed by atoms with Gasteiger partial charge >= 0.3 is 0 Å². The summed E-state index contributed by atoms with van der Waals surface area (Å²) in [7, 11) is 0. The molecule has 0 saturated heterocycles. The predicted octanol–water partition coefficient (Wildman–Crippen LogP) is 16.2. The van der Waals surface area contributed by atoms with Crippen molar-refractivity contribution >= 4 is 5.91 Å². The zero-order valence-corrected chi connectivity index (χ0v) is 38.7. The first-order chi connectivity index (χ1) is 29.2. The summed E-state index contributed by atoms with van der Waals surface area (Å²) in [4.78, 5) is 12.4. The molecule has 0 fully saturated rings. The predicted molar refractivity (Wildman–Crippen MR) is 262 cm³/mol. The molecule has 0 spiro atoms. The lowest BCUT2D eigenvalue weighted by Gasteiger charge is -2.19. The zero-order chi connectivity index (χ0) is 42.8. The fraction of sp³-hybridized carbons (Fsp3) is 0.691. The van der Waals surface area contributed by atoms with Crippen molar-refractivity contribution < 1.29 is 15.0 Å². The van der Waals surface area contributed by atoms with Crippen molar-refractivity contribution in [2.24, 2.45) is 0 Å². The van der Waals surface area contributed by atoms with Gasteiger partial charge in [0, 0.05) is 6.42 Å². The third-order valence-electron chi connectivity index (χ3n) is 10.8. The van der Waals surface area contributed by atoms with Crippen molar-refractivity contribution in [3.05, 3.63) is 97.2 Å². The fourth-order valence-electron chi connectivity index (χ4n) is 6.99. The molecule has 4 heteroatoms. The SMILES string of the molecule is CC/C=C\C/C=C\C/C=C\C/C=C\C/C=C\CCCCCCCCCCCCCCCCCCCCCC(=O)NC(CO)C(O)/C=C/CC/C=C/CC/C=C/CCCC. The lowest BCUT2D eigenvalue weighted by Crippen LogP contribution is -2.45. The van der Waals surface area contributed by atoms with E-state index in [1.165, 1.54) is 135 Å². The first-order valence-electron chi connectivity index (χ1n) is 25.0. The summed E-state index contributed by atoms with van der Waals surface area (Å²) in [5, 5.41) is 23.0. The first kappa shape index (κ1) is 56.3. The molecular formula is C55H95NO3. The number of carbonyl (C=O) groups excluding carboxylic acids is 1. The summed E-state index contributed by atoms with van der Waals surface area (Å²) in [5.74, 6) is -0.0809. The van der Waals surface area contributed by atoms with Crippen LogP contribution in [0.5, 0.6) is 0 Å². The quantitative estimate of drug-likeness (QED) is 0.0424. The zero-order valence-electron chi connectivity index (χ0n) is 38.7. The number of rotatable bonds is 44. The average molecular weight is 818 g/mol. The molecule has 2 unspecified atom stereocenters. The van der Waals surface area contributed by atoms with E-state index in [1.54, 1.807) is 6.08 Å². The molecule has 0 rings (SSSR count). The fourth-order valence-corrected chi connectivity index (χ4v) is 6.99.